The number of hydrogen-bond acceptors (Lipinski definition) is 5. The van der Waals surface area contributed by atoms with E-state index in [4.69, 9.17) is 11.6 Å². The Morgan fingerprint density at radius 1 is 1.55 bits per heavy atom. The third-order valence-electron chi connectivity index (χ3n) is 1.05. The summed E-state index contributed by atoms with van der Waals surface area (Å²) >= 11 is 6.86. The van der Waals surface area contributed by atoms with Crippen LogP contribution < -0.4 is 0 Å². The van der Waals surface area contributed by atoms with Crippen molar-refractivity contribution < 1.29 is 4.52 Å². The fourth-order valence-corrected chi connectivity index (χ4v) is 1.29. The van der Waals surface area contributed by atoms with Crippen LogP contribution in [-0.2, 0) is 0 Å². The first kappa shape index (κ1) is 6.75. The summed E-state index contributed by atoms with van der Waals surface area (Å²) in [6, 6.07) is 0. The van der Waals surface area contributed by atoms with Crippen LogP contribution in [0.1, 0.15) is 0 Å². The third-order valence-corrected chi connectivity index (χ3v) is 1.98. The Balaban J connectivity index is 2.45. The van der Waals surface area contributed by atoms with Crippen molar-refractivity contribution in [3.63, 3.8) is 0 Å². The zero-order valence-electron chi connectivity index (χ0n) is 5.19. The summed E-state index contributed by atoms with van der Waals surface area (Å²) in [4.78, 5) is 8.52. The summed E-state index contributed by atoms with van der Waals surface area (Å²) < 4.78 is 4.57. The maximum absolute atomic E-state index is 5.42. The van der Waals surface area contributed by atoms with Crippen molar-refractivity contribution in [1.82, 2.24) is 15.1 Å². The van der Waals surface area contributed by atoms with Gasteiger partial charge in [-0.2, -0.15) is 4.98 Å². The molecule has 4 nitrogen and oxygen atoms in total. The highest BCUT2D eigenvalue weighted by Gasteiger charge is 2.06. The van der Waals surface area contributed by atoms with E-state index in [0.717, 1.165) is 4.88 Å². The molecule has 0 aromatic carbocycles. The fraction of sp³-hybridized carbons (Fsp3) is 0. The minimum absolute atomic E-state index is 0.0494. The molecule has 11 heavy (non-hydrogen) atoms. The normalized spacial score (nSPS) is 10.3. The van der Waals surface area contributed by atoms with Crippen LogP contribution in [-0.4, -0.2) is 15.1 Å². The molecular weight excluding hydrogens is 186 g/mol. The molecule has 0 aliphatic rings. The first-order valence-electron chi connectivity index (χ1n) is 2.74. The summed E-state index contributed by atoms with van der Waals surface area (Å²) in [5, 5.41) is 3.66. The van der Waals surface area contributed by atoms with Crippen LogP contribution in [0.5, 0.6) is 0 Å². The summed E-state index contributed by atoms with van der Waals surface area (Å²) in [7, 11) is 0. The van der Waals surface area contributed by atoms with Gasteiger partial charge in [0.05, 0.1) is 10.4 Å². The molecule has 0 atom stereocenters. The summed E-state index contributed by atoms with van der Waals surface area (Å²) in [5.74, 6) is 0.484. The molecule has 2 aromatic heterocycles. The molecule has 0 aliphatic carbocycles. The monoisotopic (exact) mass is 187 g/mol. The van der Waals surface area contributed by atoms with Crippen LogP contribution in [0.15, 0.2) is 16.2 Å². The SMILES string of the molecule is Clc1nc(-c2cncs2)no1. The van der Waals surface area contributed by atoms with Gasteiger partial charge in [-0.15, -0.1) is 11.3 Å². The molecule has 0 aliphatic heterocycles. The first-order chi connectivity index (χ1) is 5.36. The van der Waals surface area contributed by atoms with Gasteiger partial charge in [-0.3, -0.25) is 4.98 Å². The number of halogens is 1. The van der Waals surface area contributed by atoms with Crippen molar-refractivity contribution in [2.75, 3.05) is 0 Å². The second-order valence-electron chi connectivity index (χ2n) is 1.74. The summed E-state index contributed by atoms with van der Waals surface area (Å²) in [6.07, 6.45) is 1.66. The van der Waals surface area contributed by atoms with Crippen LogP contribution in [0.3, 0.4) is 0 Å². The third kappa shape index (κ3) is 1.24. The van der Waals surface area contributed by atoms with Crippen molar-refractivity contribution in [2.45, 2.75) is 0 Å². The predicted octanol–water partition coefficient (Wildman–Crippen LogP) is 1.85. The molecule has 0 spiro atoms. The van der Waals surface area contributed by atoms with E-state index < -0.39 is 0 Å². The number of nitrogens with zero attached hydrogens (tertiary/aromatic N) is 3. The molecule has 0 N–H and O–H groups in total. The molecular formula is C5H2ClN3OS. The molecule has 0 saturated carbocycles. The van der Waals surface area contributed by atoms with Gasteiger partial charge < -0.3 is 4.52 Å². The largest absolute Gasteiger partial charge is 0.321 e. The predicted molar refractivity (Wildman–Crippen MR) is 40.4 cm³/mol. The van der Waals surface area contributed by atoms with Gasteiger partial charge in [0.15, 0.2) is 0 Å². The Kier molecular flexibility index (Phi) is 1.59. The zero-order chi connectivity index (χ0) is 7.68. The quantitative estimate of drug-likeness (QED) is 0.684. The Bertz CT molecular complexity index is 344. The van der Waals surface area contributed by atoms with Gasteiger partial charge in [-0.05, 0) is 11.6 Å². The minimum atomic E-state index is 0.0494. The Morgan fingerprint density at radius 3 is 3.00 bits per heavy atom. The van der Waals surface area contributed by atoms with E-state index in [1.165, 1.54) is 11.3 Å². The van der Waals surface area contributed by atoms with Crippen molar-refractivity contribution in [1.29, 1.82) is 0 Å². The average molecular weight is 188 g/mol. The average Bonchev–Trinajstić information content (AvgIpc) is 2.55. The van der Waals surface area contributed by atoms with E-state index in [-0.39, 0.29) is 5.35 Å². The number of aromatic nitrogens is 3. The number of hydrogen-bond donors (Lipinski definition) is 0. The molecule has 0 saturated heterocycles. The van der Waals surface area contributed by atoms with E-state index in [1.807, 2.05) is 0 Å². The molecule has 0 bridgehead atoms. The first-order valence-corrected chi connectivity index (χ1v) is 4.00. The summed E-state index contributed by atoms with van der Waals surface area (Å²) in [6.45, 7) is 0. The molecule has 0 radical (unpaired) electrons. The van der Waals surface area contributed by atoms with Crippen molar-refractivity contribution in [2.24, 2.45) is 0 Å². The molecule has 0 unspecified atom stereocenters. The maximum Gasteiger partial charge on any atom is 0.320 e. The Hall–Kier alpha value is -0.940. The molecule has 56 valence electrons. The van der Waals surface area contributed by atoms with Crippen molar-refractivity contribution in [3.05, 3.63) is 17.1 Å². The van der Waals surface area contributed by atoms with E-state index in [9.17, 15) is 0 Å². The van der Waals surface area contributed by atoms with E-state index in [1.54, 1.807) is 11.7 Å². The second-order valence-corrected chi connectivity index (χ2v) is 2.95. The van der Waals surface area contributed by atoms with Gasteiger partial charge in [-0.25, -0.2) is 0 Å². The van der Waals surface area contributed by atoms with Crippen LogP contribution in [0.4, 0.5) is 0 Å². The highest BCUT2D eigenvalue weighted by atomic mass is 35.5. The summed E-state index contributed by atoms with van der Waals surface area (Å²) in [5.41, 5.74) is 1.69. The molecule has 0 amide bonds. The lowest BCUT2D eigenvalue weighted by atomic mass is 10.5. The van der Waals surface area contributed by atoms with E-state index in [2.05, 4.69) is 19.6 Å². The lowest BCUT2D eigenvalue weighted by molar-refractivity contribution is 0.421. The van der Waals surface area contributed by atoms with Crippen molar-refractivity contribution >= 4 is 22.9 Å². The van der Waals surface area contributed by atoms with Gasteiger partial charge in [0.2, 0.25) is 5.82 Å². The van der Waals surface area contributed by atoms with Crippen molar-refractivity contribution in [3.8, 4) is 10.7 Å². The fourth-order valence-electron chi connectivity index (χ4n) is 0.631. The topological polar surface area (TPSA) is 51.8 Å². The van der Waals surface area contributed by atoms with Crippen LogP contribution in [0.25, 0.3) is 10.7 Å². The standard InChI is InChI=1S/C5H2ClN3OS/c6-5-8-4(9-10-5)3-1-7-2-11-3/h1-2H. The van der Waals surface area contributed by atoms with E-state index >= 15 is 0 Å². The smallest absolute Gasteiger partial charge is 0.320 e. The van der Waals surface area contributed by atoms with E-state index in [0.29, 0.717) is 5.82 Å². The van der Waals surface area contributed by atoms with Gasteiger partial charge >= 0.3 is 5.35 Å². The lowest BCUT2D eigenvalue weighted by Gasteiger charge is -1.78. The zero-order valence-corrected chi connectivity index (χ0v) is 6.76. The highest BCUT2D eigenvalue weighted by Crippen LogP contribution is 2.20. The lowest BCUT2D eigenvalue weighted by Crippen LogP contribution is -1.72. The van der Waals surface area contributed by atoms with Gasteiger partial charge in [0.25, 0.3) is 0 Å². The minimum Gasteiger partial charge on any atom is -0.321 e. The number of thiazole rings is 1. The van der Waals surface area contributed by atoms with Gasteiger partial charge in [0.1, 0.15) is 0 Å². The van der Waals surface area contributed by atoms with Gasteiger partial charge in [-0.1, -0.05) is 5.16 Å². The molecule has 2 heterocycles. The van der Waals surface area contributed by atoms with Crippen LogP contribution >= 0.6 is 22.9 Å². The molecule has 2 rings (SSSR count). The molecule has 0 fully saturated rings. The number of rotatable bonds is 1. The Labute approximate surface area is 70.8 Å². The van der Waals surface area contributed by atoms with Gasteiger partial charge in [0, 0.05) is 6.20 Å². The molecule has 2 aromatic rings. The van der Waals surface area contributed by atoms with Crippen LogP contribution in [0, 0.1) is 0 Å². The Morgan fingerprint density at radius 2 is 2.45 bits per heavy atom. The highest BCUT2D eigenvalue weighted by molar-refractivity contribution is 7.13. The maximum atomic E-state index is 5.42. The van der Waals surface area contributed by atoms with Crippen LogP contribution in [0.2, 0.25) is 5.35 Å². The molecule has 6 heteroatoms. The second kappa shape index (κ2) is 2.60.